The van der Waals surface area contributed by atoms with E-state index in [4.69, 9.17) is 17.3 Å². The molecule has 4 heteroatoms. The maximum Gasteiger partial charge on any atom is 0.0935 e. The average molecular weight is 347 g/mol. The zero-order valence-corrected chi connectivity index (χ0v) is 15.2. The maximum absolute atomic E-state index is 6.16. The van der Waals surface area contributed by atoms with Gasteiger partial charge in [-0.15, -0.1) is 11.3 Å². The minimum atomic E-state index is 0.494. The fourth-order valence-electron chi connectivity index (χ4n) is 3.14. The second-order valence-electron chi connectivity index (χ2n) is 6.25. The number of nitrogens with two attached hydrogens (primary N) is 1. The van der Waals surface area contributed by atoms with Crippen LogP contribution in [0, 0.1) is 0 Å². The van der Waals surface area contributed by atoms with Crippen molar-refractivity contribution in [2.75, 3.05) is 6.54 Å². The van der Waals surface area contributed by atoms with Crippen molar-refractivity contribution in [3.63, 3.8) is 0 Å². The van der Waals surface area contributed by atoms with Gasteiger partial charge in [-0.2, -0.15) is 0 Å². The van der Waals surface area contributed by atoms with E-state index in [2.05, 4.69) is 43.1 Å². The molecule has 2 nitrogen and oxygen atoms in total. The lowest BCUT2D eigenvalue weighted by molar-refractivity contribution is 0.748. The summed E-state index contributed by atoms with van der Waals surface area (Å²) in [6.45, 7) is 5.23. The van der Waals surface area contributed by atoms with Gasteiger partial charge in [-0.1, -0.05) is 43.6 Å². The molecule has 3 aromatic rings. The van der Waals surface area contributed by atoms with E-state index in [1.165, 1.54) is 32.6 Å². The molecule has 0 radical (unpaired) electrons. The largest absolute Gasteiger partial charge is 0.353 e. The Bertz CT molecular complexity index is 801. The van der Waals surface area contributed by atoms with E-state index in [9.17, 15) is 0 Å². The van der Waals surface area contributed by atoms with Crippen LogP contribution < -0.4 is 5.73 Å². The van der Waals surface area contributed by atoms with Crippen LogP contribution in [0.25, 0.3) is 21.5 Å². The quantitative estimate of drug-likeness (QED) is 0.531. The van der Waals surface area contributed by atoms with Crippen LogP contribution in [0.3, 0.4) is 0 Å². The maximum atomic E-state index is 6.16. The molecule has 122 valence electrons. The van der Waals surface area contributed by atoms with E-state index in [1.807, 2.05) is 6.07 Å². The van der Waals surface area contributed by atoms with Crippen molar-refractivity contribution in [2.45, 2.75) is 39.0 Å². The van der Waals surface area contributed by atoms with Gasteiger partial charge in [0.1, 0.15) is 0 Å². The van der Waals surface area contributed by atoms with Gasteiger partial charge in [-0.25, -0.2) is 0 Å². The van der Waals surface area contributed by atoms with Gasteiger partial charge in [0.2, 0.25) is 0 Å². The average Bonchev–Trinajstić information content (AvgIpc) is 3.11. The Morgan fingerprint density at radius 3 is 2.65 bits per heavy atom. The Balaban J connectivity index is 2.16. The first-order valence-corrected chi connectivity index (χ1v) is 9.40. The molecular weight excluding hydrogens is 324 g/mol. The summed E-state index contributed by atoms with van der Waals surface area (Å²) in [5, 5.41) is 1.34. The monoisotopic (exact) mass is 346 g/mol. The first-order valence-electron chi connectivity index (χ1n) is 8.21. The molecule has 0 amide bonds. The number of unbranched alkanes of at least 4 members (excludes halogenated alkanes) is 1. The number of H-pyrrole nitrogens is 1. The van der Waals surface area contributed by atoms with Crippen LogP contribution in [0.4, 0.5) is 0 Å². The highest BCUT2D eigenvalue weighted by Gasteiger charge is 2.17. The molecule has 0 atom stereocenters. The molecule has 0 saturated carbocycles. The second-order valence-corrected chi connectivity index (χ2v) is 7.97. The molecule has 2 heterocycles. The molecule has 1 aromatic carbocycles. The van der Waals surface area contributed by atoms with Crippen molar-refractivity contribution in [2.24, 2.45) is 5.73 Å². The van der Waals surface area contributed by atoms with Crippen LogP contribution in [0.2, 0.25) is 4.34 Å². The first kappa shape index (κ1) is 16.6. The van der Waals surface area contributed by atoms with Crippen LogP contribution in [0.5, 0.6) is 0 Å². The Morgan fingerprint density at radius 2 is 2.00 bits per heavy atom. The number of nitrogens with one attached hydrogen (secondary N) is 1. The number of aromatic nitrogens is 1. The number of halogens is 1. The van der Waals surface area contributed by atoms with Crippen molar-refractivity contribution in [1.82, 2.24) is 4.98 Å². The molecule has 0 bridgehead atoms. The number of benzene rings is 1. The third-order valence-corrected chi connectivity index (χ3v) is 5.54. The molecule has 0 aliphatic carbocycles. The standard InChI is InChI=1S/C19H23ClN2S/c1-12(2)13-7-5-8-14-15(6-3-4-11-21)19(22-18(13)14)16-9-10-17(20)23-16/h5,7-10,12,22H,3-4,6,11,21H2,1-2H3. The molecule has 3 rings (SSSR count). The Hall–Kier alpha value is -1.29. The highest BCUT2D eigenvalue weighted by atomic mass is 35.5. The number of thiophene rings is 1. The van der Waals surface area contributed by atoms with Crippen LogP contribution >= 0.6 is 22.9 Å². The van der Waals surface area contributed by atoms with Gasteiger partial charge in [-0.05, 0) is 55.0 Å². The van der Waals surface area contributed by atoms with Gasteiger partial charge >= 0.3 is 0 Å². The summed E-state index contributed by atoms with van der Waals surface area (Å²) in [5.74, 6) is 0.494. The summed E-state index contributed by atoms with van der Waals surface area (Å²) >= 11 is 7.79. The summed E-state index contributed by atoms with van der Waals surface area (Å²) < 4.78 is 0.829. The zero-order chi connectivity index (χ0) is 16.4. The third kappa shape index (κ3) is 3.32. The lowest BCUT2D eigenvalue weighted by Gasteiger charge is -2.07. The van der Waals surface area contributed by atoms with Crippen LogP contribution in [0.15, 0.2) is 30.3 Å². The van der Waals surface area contributed by atoms with E-state index < -0.39 is 0 Å². The number of aromatic amines is 1. The number of hydrogen-bond donors (Lipinski definition) is 2. The molecule has 3 N–H and O–H groups in total. The highest BCUT2D eigenvalue weighted by molar-refractivity contribution is 7.19. The lowest BCUT2D eigenvalue weighted by Crippen LogP contribution is -1.99. The van der Waals surface area contributed by atoms with Gasteiger partial charge in [0.15, 0.2) is 0 Å². The van der Waals surface area contributed by atoms with Gasteiger partial charge in [0.05, 0.1) is 14.9 Å². The Morgan fingerprint density at radius 1 is 1.17 bits per heavy atom. The predicted octanol–water partition coefficient (Wildman–Crippen LogP) is 5.95. The molecule has 23 heavy (non-hydrogen) atoms. The normalized spacial score (nSPS) is 11.7. The zero-order valence-electron chi connectivity index (χ0n) is 13.7. The number of fused-ring (bicyclic) bond motifs is 1. The van der Waals surface area contributed by atoms with Crippen LogP contribution in [-0.2, 0) is 6.42 Å². The summed E-state index contributed by atoms with van der Waals surface area (Å²) in [5.41, 5.74) is 10.9. The molecular formula is C19H23ClN2S. The number of para-hydroxylation sites is 1. The van der Waals surface area contributed by atoms with Crippen LogP contribution in [0.1, 0.15) is 43.7 Å². The number of rotatable bonds is 6. The second kappa shape index (κ2) is 7.08. The Labute approximate surface area is 146 Å². The third-order valence-electron chi connectivity index (χ3n) is 4.30. The van der Waals surface area contributed by atoms with E-state index in [0.717, 1.165) is 30.1 Å². The summed E-state index contributed by atoms with van der Waals surface area (Å²) in [7, 11) is 0. The Kier molecular flexibility index (Phi) is 5.10. The molecule has 0 saturated heterocycles. The van der Waals surface area contributed by atoms with Crippen molar-refractivity contribution in [1.29, 1.82) is 0 Å². The molecule has 0 spiro atoms. The summed E-state index contributed by atoms with van der Waals surface area (Å²) in [6, 6.07) is 10.7. The minimum absolute atomic E-state index is 0.494. The van der Waals surface area contributed by atoms with E-state index in [1.54, 1.807) is 11.3 Å². The molecule has 0 aliphatic rings. The van der Waals surface area contributed by atoms with E-state index >= 15 is 0 Å². The number of aryl methyl sites for hydroxylation is 1. The lowest BCUT2D eigenvalue weighted by atomic mass is 9.97. The molecule has 0 unspecified atom stereocenters. The SMILES string of the molecule is CC(C)c1cccc2c(CCCCN)c(-c3ccc(Cl)s3)[nH]c12. The summed E-state index contributed by atoms with van der Waals surface area (Å²) in [6.07, 6.45) is 3.21. The summed E-state index contributed by atoms with van der Waals surface area (Å²) in [4.78, 5) is 4.90. The van der Waals surface area contributed by atoms with Crippen molar-refractivity contribution in [3.8, 4) is 10.6 Å². The van der Waals surface area contributed by atoms with Gasteiger partial charge in [-0.3, -0.25) is 0 Å². The molecule has 0 fully saturated rings. The van der Waals surface area contributed by atoms with Gasteiger partial charge < -0.3 is 10.7 Å². The van der Waals surface area contributed by atoms with E-state index in [-0.39, 0.29) is 0 Å². The topological polar surface area (TPSA) is 41.8 Å². The highest BCUT2D eigenvalue weighted by Crippen LogP contribution is 2.38. The van der Waals surface area contributed by atoms with Gasteiger partial charge in [0, 0.05) is 10.9 Å². The molecule has 0 aliphatic heterocycles. The van der Waals surface area contributed by atoms with Crippen molar-refractivity contribution >= 4 is 33.8 Å². The fraction of sp³-hybridized carbons (Fsp3) is 0.368. The first-order chi connectivity index (χ1) is 11.1. The predicted molar refractivity (Wildman–Crippen MR) is 103 cm³/mol. The fourth-order valence-corrected chi connectivity index (χ4v) is 4.21. The smallest absolute Gasteiger partial charge is 0.0935 e. The van der Waals surface area contributed by atoms with Crippen molar-refractivity contribution < 1.29 is 0 Å². The van der Waals surface area contributed by atoms with Crippen LogP contribution in [-0.4, -0.2) is 11.5 Å². The number of hydrogen-bond acceptors (Lipinski definition) is 2. The van der Waals surface area contributed by atoms with Gasteiger partial charge in [0.25, 0.3) is 0 Å². The minimum Gasteiger partial charge on any atom is -0.353 e. The van der Waals surface area contributed by atoms with Crippen molar-refractivity contribution in [3.05, 3.63) is 45.8 Å². The van der Waals surface area contributed by atoms with E-state index in [0.29, 0.717) is 5.92 Å². The molecule has 2 aromatic heterocycles.